The van der Waals surface area contributed by atoms with Crippen molar-refractivity contribution < 1.29 is 0 Å². The molecule has 3 aromatic rings. The third-order valence-electron chi connectivity index (χ3n) is 2.68. The highest BCUT2D eigenvalue weighted by Gasteiger charge is 2.07. The Morgan fingerprint density at radius 3 is 2.61 bits per heavy atom. The van der Waals surface area contributed by atoms with E-state index in [2.05, 4.69) is 4.98 Å². The summed E-state index contributed by atoms with van der Waals surface area (Å²) in [7, 11) is 0. The fraction of sp³-hybridized carbons (Fsp3) is 0. The summed E-state index contributed by atoms with van der Waals surface area (Å²) in [5.41, 5.74) is 14.5. The number of aromatic nitrogens is 1. The molecule has 0 atom stereocenters. The second-order valence-corrected chi connectivity index (χ2v) is 5.44. The maximum Gasteiger partial charge on any atom is 0.124 e. The molecule has 5 heteroatoms. The molecule has 18 heavy (non-hydrogen) atoms. The van der Waals surface area contributed by atoms with Gasteiger partial charge in [-0.2, -0.15) is 0 Å². The van der Waals surface area contributed by atoms with E-state index in [-0.39, 0.29) is 0 Å². The first kappa shape index (κ1) is 11.3. The molecule has 3 nitrogen and oxygen atoms in total. The molecular formula is C13H10ClN3S. The summed E-state index contributed by atoms with van der Waals surface area (Å²) in [4.78, 5) is 4.55. The number of thiazole rings is 1. The Morgan fingerprint density at radius 1 is 1.00 bits per heavy atom. The van der Waals surface area contributed by atoms with Gasteiger partial charge in [0.2, 0.25) is 0 Å². The molecule has 0 amide bonds. The van der Waals surface area contributed by atoms with Crippen LogP contribution < -0.4 is 11.5 Å². The maximum absolute atomic E-state index is 5.95. The smallest absolute Gasteiger partial charge is 0.124 e. The second kappa shape index (κ2) is 4.15. The summed E-state index contributed by atoms with van der Waals surface area (Å²) in [6.07, 6.45) is 0. The van der Waals surface area contributed by atoms with Gasteiger partial charge < -0.3 is 11.5 Å². The van der Waals surface area contributed by atoms with Crippen molar-refractivity contribution in [1.29, 1.82) is 0 Å². The fourth-order valence-electron chi connectivity index (χ4n) is 1.73. The van der Waals surface area contributed by atoms with Crippen LogP contribution in [0.15, 0.2) is 36.4 Å². The van der Waals surface area contributed by atoms with E-state index in [0.717, 1.165) is 20.8 Å². The molecule has 1 heterocycles. The summed E-state index contributed by atoms with van der Waals surface area (Å²) in [5, 5.41) is 1.61. The SMILES string of the molecule is Nc1ccc(-c2nc3cc(Cl)ccc3s2)cc1N. The van der Waals surface area contributed by atoms with E-state index in [4.69, 9.17) is 23.1 Å². The number of fused-ring (bicyclic) bond motifs is 1. The molecule has 2 aromatic carbocycles. The number of benzene rings is 2. The van der Waals surface area contributed by atoms with Crippen LogP contribution in [0.4, 0.5) is 11.4 Å². The Labute approximate surface area is 113 Å². The highest BCUT2D eigenvalue weighted by atomic mass is 35.5. The molecule has 0 radical (unpaired) electrons. The summed E-state index contributed by atoms with van der Waals surface area (Å²) >= 11 is 7.56. The first-order valence-corrected chi connectivity index (χ1v) is 6.54. The first-order chi connectivity index (χ1) is 8.63. The Bertz CT molecular complexity index is 736. The minimum atomic E-state index is 0.574. The van der Waals surface area contributed by atoms with E-state index in [1.54, 1.807) is 17.4 Å². The van der Waals surface area contributed by atoms with E-state index in [1.807, 2.05) is 30.3 Å². The molecule has 0 spiro atoms. The van der Waals surface area contributed by atoms with E-state index in [9.17, 15) is 0 Å². The second-order valence-electron chi connectivity index (χ2n) is 3.97. The van der Waals surface area contributed by atoms with Gasteiger partial charge in [-0.15, -0.1) is 11.3 Å². The minimum absolute atomic E-state index is 0.574. The van der Waals surface area contributed by atoms with E-state index in [1.165, 1.54) is 0 Å². The number of rotatable bonds is 1. The Hall–Kier alpha value is -1.78. The lowest BCUT2D eigenvalue weighted by Gasteiger charge is -2.01. The summed E-state index contributed by atoms with van der Waals surface area (Å²) in [6.45, 7) is 0. The van der Waals surface area contributed by atoms with Crippen molar-refractivity contribution in [3.63, 3.8) is 0 Å². The van der Waals surface area contributed by atoms with Gasteiger partial charge in [0.25, 0.3) is 0 Å². The van der Waals surface area contributed by atoms with Crippen molar-refractivity contribution in [1.82, 2.24) is 4.98 Å². The lowest BCUT2D eigenvalue weighted by atomic mass is 10.2. The molecule has 0 aliphatic rings. The molecule has 3 rings (SSSR count). The normalized spacial score (nSPS) is 10.9. The molecule has 0 aliphatic carbocycles. The van der Waals surface area contributed by atoms with Gasteiger partial charge in [0.1, 0.15) is 5.01 Å². The Morgan fingerprint density at radius 2 is 1.83 bits per heavy atom. The molecule has 0 fully saturated rings. The minimum Gasteiger partial charge on any atom is -0.397 e. The van der Waals surface area contributed by atoms with Crippen LogP contribution in [0.1, 0.15) is 0 Å². The van der Waals surface area contributed by atoms with Crippen LogP contribution in [-0.2, 0) is 0 Å². The molecule has 4 N–H and O–H groups in total. The van der Waals surface area contributed by atoms with Crippen LogP contribution in [0.2, 0.25) is 5.02 Å². The van der Waals surface area contributed by atoms with Crippen molar-refractivity contribution in [3.05, 3.63) is 41.4 Å². The quantitative estimate of drug-likeness (QED) is 0.664. The van der Waals surface area contributed by atoms with Crippen LogP contribution in [0.25, 0.3) is 20.8 Å². The zero-order valence-corrected chi connectivity index (χ0v) is 10.9. The monoisotopic (exact) mass is 275 g/mol. The topological polar surface area (TPSA) is 64.9 Å². The highest BCUT2D eigenvalue weighted by Crippen LogP contribution is 2.33. The summed E-state index contributed by atoms with van der Waals surface area (Å²) in [6, 6.07) is 11.3. The van der Waals surface area contributed by atoms with Gasteiger partial charge in [-0.1, -0.05) is 11.6 Å². The van der Waals surface area contributed by atoms with Crippen molar-refractivity contribution in [3.8, 4) is 10.6 Å². The van der Waals surface area contributed by atoms with Crippen molar-refractivity contribution in [2.24, 2.45) is 0 Å². The number of halogens is 1. The number of nitrogens with two attached hydrogens (primary N) is 2. The Kier molecular flexibility index (Phi) is 2.61. The van der Waals surface area contributed by atoms with Gasteiger partial charge in [-0.25, -0.2) is 4.98 Å². The lowest BCUT2D eigenvalue weighted by Crippen LogP contribution is -1.94. The summed E-state index contributed by atoms with van der Waals surface area (Å²) < 4.78 is 1.10. The molecule has 0 aliphatic heterocycles. The molecule has 0 bridgehead atoms. The predicted molar refractivity (Wildman–Crippen MR) is 78.9 cm³/mol. The van der Waals surface area contributed by atoms with Crippen molar-refractivity contribution >= 4 is 44.5 Å². The molecule has 90 valence electrons. The van der Waals surface area contributed by atoms with Crippen LogP contribution in [0, 0.1) is 0 Å². The molecule has 1 aromatic heterocycles. The van der Waals surface area contributed by atoms with Gasteiger partial charge in [0.15, 0.2) is 0 Å². The van der Waals surface area contributed by atoms with Gasteiger partial charge >= 0.3 is 0 Å². The van der Waals surface area contributed by atoms with Crippen LogP contribution in [0.3, 0.4) is 0 Å². The number of anilines is 2. The summed E-state index contributed by atoms with van der Waals surface area (Å²) in [5.74, 6) is 0. The van der Waals surface area contributed by atoms with Crippen molar-refractivity contribution in [2.75, 3.05) is 11.5 Å². The van der Waals surface area contributed by atoms with Gasteiger partial charge in [-0.3, -0.25) is 0 Å². The fourth-order valence-corrected chi connectivity index (χ4v) is 2.84. The molecule has 0 saturated heterocycles. The predicted octanol–water partition coefficient (Wildman–Crippen LogP) is 3.78. The number of nitrogen functional groups attached to an aromatic ring is 2. The van der Waals surface area contributed by atoms with E-state index >= 15 is 0 Å². The average Bonchev–Trinajstić information content (AvgIpc) is 2.75. The highest BCUT2D eigenvalue weighted by molar-refractivity contribution is 7.21. The molecule has 0 unspecified atom stereocenters. The van der Waals surface area contributed by atoms with Crippen LogP contribution in [-0.4, -0.2) is 4.98 Å². The number of nitrogens with zero attached hydrogens (tertiary/aromatic N) is 1. The largest absolute Gasteiger partial charge is 0.397 e. The van der Waals surface area contributed by atoms with Gasteiger partial charge in [0, 0.05) is 10.6 Å². The zero-order valence-electron chi connectivity index (χ0n) is 9.35. The van der Waals surface area contributed by atoms with Crippen molar-refractivity contribution in [2.45, 2.75) is 0 Å². The average molecular weight is 276 g/mol. The number of hydrogen-bond acceptors (Lipinski definition) is 4. The van der Waals surface area contributed by atoms with Crippen LogP contribution >= 0.6 is 22.9 Å². The van der Waals surface area contributed by atoms with Gasteiger partial charge in [-0.05, 0) is 36.4 Å². The first-order valence-electron chi connectivity index (χ1n) is 5.35. The standard InChI is InChI=1S/C13H10ClN3S/c14-8-2-4-12-11(6-8)17-13(18-12)7-1-3-9(15)10(16)5-7/h1-6H,15-16H2. The van der Waals surface area contributed by atoms with E-state index < -0.39 is 0 Å². The molecule has 0 saturated carbocycles. The zero-order chi connectivity index (χ0) is 12.7. The Balaban J connectivity index is 2.16. The maximum atomic E-state index is 5.95. The van der Waals surface area contributed by atoms with Gasteiger partial charge in [0.05, 0.1) is 21.6 Å². The van der Waals surface area contributed by atoms with Crippen LogP contribution in [0.5, 0.6) is 0 Å². The van der Waals surface area contributed by atoms with E-state index in [0.29, 0.717) is 16.4 Å². The molecular weight excluding hydrogens is 266 g/mol. The number of hydrogen-bond donors (Lipinski definition) is 2. The third kappa shape index (κ3) is 1.89. The third-order valence-corrected chi connectivity index (χ3v) is 4.00. The lowest BCUT2D eigenvalue weighted by molar-refractivity contribution is 1.48.